The van der Waals surface area contributed by atoms with Crippen molar-refractivity contribution in [2.45, 2.75) is 6.61 Å². The van der Waals surface area contributed by atoms with Gasteiger partial charge < -0.3 is 10.5 Å². The maximum absolute atomic E-state index is 13.1. The van der Waals surface area contributed by atoms with Crippen molar-refractivity contribution in [3.05, 3.63) is 65.4 Å². The smallest absolute Gasteiger partial charge is 0.271 e. The Balaban J connectivity index is 1.73. The van der Waals surface area contributed by atoms with E-state index >= 15 is 0 Å². The molecule has 0 aliphatic heterocycles. The Morgan fingerprint density at radius 1 is 1.08 bits per heavy atom. The fourth-order valence-corrected chi connectivity index (χ4v) is 2.17. The standard InChI is InChI=1S/C16H12F2N4O2/c17-11-5-9(6-12(18)7-11)8-24-13-3-1-10(2-4-13)14-15(16(19)23)21-22-20-14/h1-7H,8H2,(H2,19,23)(H,20,21,22). The number of aromatic amines is 1. The van der Waals surface area contributed by atoms with Crippen molar-refractivity contribution in [1.82, 2.24) is 15.4 Å². The molecule has 0 aliphatic rings. The summed E-state index contributed by atoms with van der Waals surface area (Å²) >= 11 is 0. The van der Waals surface area contributed by atoms with Gasteiger partial charge in [0.2, 0.25) is 0 Å². The number of amides is 1. The summed E-state index contributed by atoms with van der Waals surface area (Å²) in [7, 11) is 0. The van der Waals surface area contributed by atoms with Crippen molar-refractivity contribution in [2.24, 2.45) is 5.73 Å². The van der Waals surface area contributed by atoms with Crippen LogP contribution in [0.15, 0.2) is 42.5 Å². The predicted molar refractivity (Wildman–Crippen MR) is 81.0 cm³/mol. The fourth-order valence-electron chi connectivity index (χ4n) is 2.17. The summed E-state index contributed by atoms with van der Waals surface area (Å²) in [6.07, 6.45) is 0. The minimum atomic E-state index is -0.688. The van der Waals surface area contributed by atoms with Crippen LogP contribution in [0.4, 0.5) is 8.78 Å². The van der Waals surface area contributed by atoms with Gasteiger partial charge in [-0.25, -0.2) is 8.78 Å². The van der Waals surface area contributed by atoms with Gasteiger partial charge in [0.05, 0.1) is 0 Å². The summed E-state index contributed by atoms with van der Waals surface area (Å²) in [6.45, 7) is 0.0184. The van der Waals surface area contributed by atoms with E-state index in [9.17, 15) is 13.6 Å². The van der Waals surface area contributed by atoms with Gasteiger partial charge in [-0.1, -0.05) is 0 Å². The highest BCUT2D eigenvalue weighted by Gasteiger charge is 2.15. The van der Waals surface area contributed by atoms with Crippen molar-refractivity contribution in [3.8, 4) is 17.0 Å². The number of nitrogens with zero attached hydrogens (tertiary/aromatic N) is 2. The molecule has 1 amide bonds. The number of aromatic nitrogens is 3. The van der Waals surface area contributed by atoms with E-state index in [-0.39, 0.29) is 12.3 Å². The molecule has 2 aromatic carbocycles. The molecule has 24 heavy (non-hydrogen) atoms. The SMILES string of the molecule is NC(=O)c1n[nH]nc1-c1ccc(OCc2cc(F)cc(F)c2)cc1. The summed E-state index contributed by atoms with van der Waals surface area (Å²) in [6, 6.07) is 9.83. The van der Waals surface area contributed by atoms with Crippen molar-refractivity contribution in [3.63, 3.8) is 0 Å². The molecule has 0 bridgehead atoms. The number of carbonyl (C=O) groups is 1. The molecular formula is C16H12F2N4O2. The van der Waals surface area contributed by atoms with E-state index < -0.39 is 17.5 Å². The van der Waals surface area contributed by atoms with Crippen LogP contribution in [0.3, 0.4) is 0 Å². The van der Waals surface area contributed by atoms with Crippen LogP contribution in [0.5, 0.6) is 5.75 Å². The first-order valence-corrected chi connectivity index (χ1v) is 6.91. The van der Waals surface area contributed by atoms with Crippen LogP contribution in [0, 0.1) is 11.6 Å². The van der Waals surface area contributed by atoms with E-state index in [4.69, 9.17) is 10.5 Å². The van der Waals surface area contributed by atoms with Gasteiger partial charge in [-0.3, -0.25) is 4.79 Å². The highest BCUT2D eigenvalue weighted by molar-refractivity contribution is 5.96. The molecule has 0 atom stereocenters. The zero-order valence-corrected chi connectivity index (χ0v) is 12.3. The number of halogens is 2. The lowest BCUT2D eigenvalue weighted by Gasteiger charge is -2.07. The highest BCUT2D eigenvalue weighted by atomic mass is 19.1. The average Bonchev–Trinajstić information content (AvgIpc) is 3.02. The Hall–Kier alpha value is -3.29. The van der Waals surface area contributed by atoms with Crippen LogP contribution in [0.25, 0.3) is 11.3 Å². The minimum absolute atomic E-state index is 0.0184. The first-order valence-electron chi connectivity index (χ1n) is 6.91. The monoisotopic (exact) mass is 330 g/mol. The summed E-state index contributed by atoms with van der Waals surface area (Å²) in [5.74, 6) is -1.51. The van der Waals surface area contributed by atoms with Gasteiger partial charge in [-0.05, 0) is 42.0 Å². The van der Waals surface area contributed by atoms with Gasteiger partial charge in [-0.15, -0.1) is 0 Å². The Labute approximate surface area is 135 Å². The maximum Gasteiger partial charge on any atom is 0.271 e. The number of ether oxygens (including phenoxy) is 1. The van der Waals surface area contributed by atoms with Gasteiger partial charge in [0, 0.05) is 11.6 Å². The molecule has 3 rings (SSSR count). The van der Waals surface area contributed by atoms with Crippen LogP contribution in [-0.2, 0) is 6.61 Å². The van der Waals surface area contributed by atoms with Crippen LogP contribution < -0.4 is 10.5 Å². The van der Waals surface area contributed by atoms with E-state index in [1.165, 1.54) is 12.1 Å². The van der Waals surface area contributed by atoms with E-state index in [0.29, 0.717) is 22.6 Å². The van der Waals surface area contributed by atoms with Crippen LogP contribution in [-0.4, -0.2) is 21.3 Å². The number of nitrogens with two attached hydrogens (primary N) is 1. The van der Waals surface area contributed by atoms with Crippen LogP contribution in [0.2, 0.25) is 0 Å². The number of benzene rings is 2. The Morgan fingerprint density at radius 3 is 2.38 bits per heavy atom. The largest absolute Gasteiger partial charge is 0.489 e. The van der Waals surface area contributed by atoms with Crippen molar-refractivity contribution in [1.29, 1.82) is 0 Å². The number of hydrogen-bond donors (Lipinski definition) is 2. The number of carbonyl (C=O) groups excluding carboxylic acids is 1. The number of H-pyrrole nitrogens is 1. The Bertz CT molecular complexity index is 858. The molecule has 3 N–H and O–H groups in total. The third kappa shape index (κ3) is 3.37. The van der Waals surface area contributed by atoms with Gasteiger partial charge in [0.15, 0.2) is 5.69 Å². The number of rotatable bonds is 5. The molecule has 0 unspecified atom stereocenters. The number of primary amides is 1. The van der Waals surface area contributed by atoms with E-state index in [2.05, 4.69) is 15.4 Å². The molecular weight excluding hydrogens is 318 g/mol. The lowest BCUT2D eigenvalue weighted by atomic mass is 10.1. The second-order valence-electron chi connectivity index (χ2n) is 4.98. The molecule has 6 nitrogen and oxygen atoms in total. The highest BCUT2D eigenvalue weighted by Crippen LogP contribution is 2.23. The molecule has 0 aliphatic carbocycles. The van der Waals surface area contributed by atoms with Crippen molar-refractivity contribution in [2.75, 3.05) is 0 Å². The molecule has 1 aromatic heterocycles. The zero-order chi connectivity index (χ0) is 17.1. The molecule has 0 saturated heterocycles. The van der Waals surface area contributed by atoms with Gasteiger partial charge in [0.25, 0.3) is 5.91 Å². The normalized spacial score (nSPS) is 10.6. The first kappa shape index (κ1) is 15.6. The lowest BCUT2D eigenvalue weighted by Crippen LogP contribution is -2.12. The Kier molecular flexibility index (Phi) is 4.19. The van der Waals surface area contributed by atoms with Crippen LogP contribution in [0.1, 0.15) is 16.1 Å². The average molecular weight is 330 g/mol. The Morgan fingerprint density at radius 2 is 1.75 bits per heavy atom. The third-order valence-corrected chi connectivity index (χ3v) is 3.24. The second-order valence-corrected chi connectivity index (χ2v) is 4.98. The number of hydrogen-bond acceptors (Lipinski definition) is 4. The lowest BCUT2D eigenvalue weighted by molar-refractivity contribution is 0.0996. The molecule has 3 aromatic rings. The summed E-state index contributed by atoms with van der Waals surface area (Å²) in [4.78, 5) is 11.3. The molecule has 8 heteroatoms. The topological polar surface area (TPSA) is 93.9 Å². The predicted octanol–water partition coefficient (Wildman–Crippen LogP) is 2.43. The quantitative estimate of drug-likeness (QED) is 0.751. The van der Waals surface area contributed by atoms with E-state index in [1.807, 2.05) is 0 Å². The van der Waals surface area contributed by atoms with E-state index in [1.54, 1.807) is 24.3 Å². The van der Waals surface area contributed by atoms with Crippen molar-refractivity contribution < 1.29 is 18.3 Å². The molecule has 122 valence electrons. The maximum atomic E-state index is 13.1. The second kappa shape index (κ2) is 6.45. The molecule has 0 radical (unpaired) electrons. The van der Waals surface area contributed by atoms with Gasteiger partial charge >= 0.3 is 0 Å². The van der Waals surface area contributed by atoms with Gasteiger partial charge in [0.1, 0.15) is 29.7 Å². The fraction of sp³-hybridized carbons (Fsp3) is 0.0625. The molecule has 0 saturated carbocycles. The zero-order valence-electron chi connectivity index (χ0n) is 12.3. The van der Waals surface area contributed by atoms with E-state index in [0.717, 1.165) is 6.07 Å². The summed E-state index contributed by atoms with van der Waals surface area (Å²) in [5.41, 5.74) is 6.60. The van der Waals surface area contributed by atoms with Crippen molar-refractivity contribution >= 4 is 5.91 Å². The molecule has 1 heterocycles. The van der Waals surface area contributed by atoms with Crippen LogP contribution >= 0.6 is 0 Å². The summed E-state index contributed by atoms with van der Waals surface area (Å²) in [5, 5.41) is 9.93. The number of nitrogens with one attached hydrogen (secondary N) is 1. The van der Waals surface area contributed by atoms with Gasteiger partial charge in [-0.2, -0.15) is 15.4 Å². The summed E-state index contributed by atoms with van der Waals surface area (Å²) < 4.78 is 31.7. The third-order valence-electron chi connectivity index (χ3n) is 3.24. The molecule has 0 fully saturated rings. The first-order chi connectivity index (χ1) is 11.5. The minimum Gasteiger partial charge on any atom is -0.489 e. The molecule has 0 spiro atoms.